The number of benzene rings is 2. The summed E-state index contributed by atoms with van der Waals surface area (Å²) in [6.45, 7) is 0.579. The lowest BCUT2D eigenvalue weighted by atomic mass is 10.2. The van der Waals surface area contributed by atoms with Gasteiger partial charge in [-0.2, -0.15) is 0 Å². The van der Waals surface area contributed by atoms with Gasteiger partial charge in [-0.3, -0.25) is 10.1 Å². The third-order valence-electron chi connectivity index (χ3n) is 4.15. The highest BCUT2D eigenvalue weighted by molar-refractivity contribution is 6.42. The van der Waals surface area contributed by atoms with E-state index in [9.17, 15) is 4.79 Å². The number of rotatable bonds is 7. The summed E-state index contributed by atoms with van der Waals surface area (Å²) < 4.78 is 12.7. The van der Waals surface area contributed by atoms with E-state index < -0.39 is 5.91 Å². The molecule has 31 heavy (non-hydrogen) atoms. The maximum Gasteiger partial charge on any atom is 0.293 e. The van der Waals surface area contributed by atoms with E-state index in [1.807, 2.05) is 6.07 Å². The molecular weight excluding hydrogens is 463 g/mol. The van der Waals surface area contributed by atoms with E-state index >= 15 is 0 Å². The highest BCUT2D eigenvalue weighted by Crippen LogP contribution is 2.23. The Morgan fingerprint density at radius 2 is 1.94 bits per heavy atom. The third kappa shape index (κ3) is 5.58. The summed E-state index contributed by atoms with van der Waals surface area (Å²) in [7, 11) is 0. The number of amides is 1. The molecular formula is C21H15Cl3N4O3. The molecule has 0 saturated carbocycles. The molecule has 0 spiro atoms. The Balaban J connectivity index is 1.34. The quantitative estimate of drug-likeness (QED) is 0.368. The fourth-order valence-electron chi connectivity index (χ4n) is 2.71. The molecule has 1 N–H and O–H groups in total. The largest absolute Gasteiger partial charge is 0.486 e. The van der Waals surface area contributed by atoms with Crippen LogP contribution in [0.2, 0.25) is 15.1 Å². The zero-order valence-corrected chi connectivity index (χ0v) is 18.2. The number of furan rings is 1. The van der Waals surface area contributed by atoms with Crippen LogP contribution in [-0.4, -0.2) is 20.7 Å². The molecule has 2 heterocycles. The van der Waals surface area contributed by atoms with Gasteiger partial charge in [-0.15, -0.1) is 5.10 Å². The van der Waals surface area contributed by atoms with Crippen molar-refractivity contribution in [3.63, 3.8) is 0 Å². The highest BCUT2D eigenvalue weighted by atomic mass is 35.5. The van der Waals surface area contributed by atoms with Crippen molar-refractivity contribution in [2.45, 2.75) is 13.2 Å². The average Bonchev–Trinajstić information content (AvgIpc) is 3.39. The summed E-state index contributed by atoms with van der Waals surface area (Å²) in [6, 6.07) is 15.5. The van der Waals surface area contributed by atoms with Crippen LogP contribution in [0.4, 0.5) is 5.95 Å². The molecule has 10 heteroatoms. The van der Waals surface area contributed by atoms with Crippen LogP contribution in [0.5, 0.6) is 5.75 Å². The standard InChI is InChI=1S/C21H15Cl3N4O3/c22-14-2-1-3-15(9-14)30-11-16-5-7-19(31-16)20(29)26-21-25-12-28(27-21)10-13-4-6-17(23)18(24)8-13/h1-9,12H,10-11H2,(H,26,27,29). The van der Waals surface area contributed by atoms with Crippen molar-refractivity contribution >= 4 is 46.7 Å². The number of carbonyl (C=O) groups excluding carboxylic acids is 1. The normalized spacial score (nSPS) is 10.8. The monoisotopic (exact) mass is 476 g/mol. The van der Waals surface area contributed by atoms with Crippen LogP contribution in [0.25, 0.3) is 0 Å². The summed E-state index contributed by atoms with van der Waals surface area (Å²) >= 11 is 17.9. The van der Waals surface area contributed by atoms with Gasteiger partial charge in [0.25, 0.3) is 5.91 Å². The molecule has 1 amide bonds. The number of nitrogens with one attached hydrogen (secondary N) is 1. The van der Waals surface area contributed by atoms with Gasteiger partial charge in [0.05, 0.1) is 16.6 Å². The number of nitrogens with zero attached hydrogens (tertiary/aromatic N) is 3. The smallest absolute Gasteiger partial charge is 0.293 e. The Bertz CT molecular complexity index is 1220. The Morgan fingerprint density at radius 3 is 2.74 bits per heavy atom. The van der Waals surface area contributed by atoms with E-state index in [2.05, 4.69) is 15.4 Å². The fourth-order valence-corrected chi connectivity index (χ4v) is 3.21. The molecule has 0 aliphatic rings. The lowest BCUT2D eigenvalue weighted by Crippen LogP contribution is -2.12. The van der Waals surface area contributed by atoms with Crippen LogP contribution >= 0.6 is 34.8 Å². The van der Waals surface area contributed by atoms with E-state index in [0.29, 0.717) is 33.1 Å². The lowest BCUT2D eigenvalue weighted by Gasteiger charge is -2.04. The summed E-state index contributed by atoms with van der Waals surface area (Å²) in [5.41, 5.74) is 0.896. The zero-order chi connectivity index (χ0) is 21.8. The number of hydrogen-bond acceptors (Lipinski definition) is 5. The minimum absolute atomic E-state index is 0.116. The predicted octanol–water partition coefficient (Wildman–Crippen LogP) is 5.71. The topological polar surface area (TPSA) is 82.2 Å². The minimum atomic E-state index is -0.471. The van der Waals surface area contributed by atoms with Crippen molar-refractivity contribution < 1.29 is 13.9 Å². The number of aromatic nitrogens is 3. The number of carbonyl (C=O) groups is 1. The molecule has 0 aliphatic carbocycles. The zero-order valence-electron chi connectivity index (χ0n) is 15.9. The van der Waals surface area contributed by atoms with Crippen molar-refractivity contribution in [2.24, 2.45) is 0 Å². The first-order valence-corrected chi connectivity index (χ1v) is 10.2. The van der Waals surface area contributed by atoms with Gasteiger partial charge in [0.2, 0.25) is 5.95 Å². The Morgan fingerprint density at radius 1 is 1.06 bits per heavy atom. The second-order valence-electron chi connectivity index (χ2n) is 6.48. The number of halogens is 3. The summed E-state index contributed by atoms with van der Waals surface area (Å²) in [4.78, 5) is 16.5. The van der Waals surface area contributed by atoms with Crippen LogP contribution in [-0.2, 0) is 13.2 Å². The average molecular weight is 478 g/mol. The Labute approximate surface area is 192 Å². The van der Waals surface area contributed by atoms with Crippen molar-refractivity contribution in [1.29, 1.82) is 0 Å². The van der Waals surface area contributed by atoms with Crippen molar-refractivity contribution in [1.82, 2.24) is 14.8 Å². The number of ether oxygens (including phenoxy) is 1. The molecule has 2 aromatic heterocycles. The second kappa shape index (κ2) is 9.43. The molecule has 0 atom stereocenters. The van der Waals surface area contributed by atoms with Gasteiger partial charge in [0, 0.05) is 5.02 Å². The summed E-state index contributed by atoms with van der Waals surface area (Å²) in [5.74, 6) is 0.889. The molecule has 0 aliphatic heterocycles. The Hall–Kier alpha value is -3.00. The molecule has 2 aromatic carbocycles. The van der Waals surface area contributed by atoms with Gasteiger partial charge >= 0.3 is 0 Å². The maximum atomic E-state index is 12.4. The van der Waals surface area contributed by atoms with Gasteiger partial charge < -0.3 is 9.15 Å². The third-order valence-corrected chi connectivity index (χ3v) is 5.13. The second-order valence-corrected chi connectivity index (χ2v) is 7.73. The molecule has 0 unspecified atom stereocenters. The van der Waals surface area contributed by atoms with Crippen LogP contribution in [0.1, 0.15) is 21.9 Å². The van der Waals surface area contributed by atoms with E-state index in [4.69, 9.17) is 44.0 Å². The van der Waals surface area contributed by atoms with E-state index in [1.165, 1.54) is 6.33 Å². The van der Waals surface area contributed by atoms with Gasteiger partial charge in [0.15, 0.2) is 5.76 Å². The van der Waals surface area contributed by atoms with Gasteiger partial charge in [-0.1, -0.05) is 46.9 Å². The van der Waals surface area contributed by atoms with Gasteiger partial charge in [-0.25, -0.2) is 9.67 Å². The van der Waals surface area contributed by atoms with Crippen molar-refractivity contribution in [3.8, 4) is 5.75 Å². The first kappa shape index (κ1) is 21.2. The highest BCUT2D eigenvalue weighted by Gasteiger charge is 2.14. The SMILES string of the molecule is O=C(Nc1ncn(Cc2ccc(Cl)c(Cl)c2)n1)c1ccc(COc2cccc(Cl)c2)o1. The number of anilines is 1. The summed E-state index contributed by atoms with van der Waals surface area (Å²) in [6.07, 6.45) is 1.50. The maximum absolute atomic E-state index is 12.4. The van der Waals surface area contributed by atoms with Gasteiger partial charge in [-0.05, 0) is 48.0 Å². The van der Waals surface area contributed by atoms with Crippen LogP contribution in [0.15, 0.2) is 65.3 Å². The van der Waals surface area contributed by atoms with Crippen LogP contribution in [0, 0.1) is 0 Å². The molecule has 4 aromatic rings. The molecule has 0 fully saturated rings. The van der Waals surface area contributed by atoms with Crippen LogP contribution < -0.4 is 10.1 Å². The van der Waals surface area contributed by atoms with E-state index in [1.54, 1.807) is 53.2 Å². The van der Waals surface area contributed by atoms with E-state index in [0.717, 1.165) is 5.56 Å². The molecule has 0 saturated heterocycles. The fraction of sp³-hybridized carbons (Fsp3) is 0.0952. The predicted molar refractivity (Wildman–Crippen MR) is 118 cm³/mol. The minimum Gasteiger partial charge on any atom is -0.486 e. The number of hydrogen-bond donors (Lipinski definition) is 1. The Kier molecular flexibility index (Phi) is 6.46. The van der Waals surface area contributed by atoms with Crippen LogP contribution in [0.3, 0.4) is 0 Å². The lowest BCUT2D eigenvalue weighted by molar-refractivity contribution is 0.0991. The first-order valence-electron chi connectivity index (χ1n) is 9.08. The van der Waals surface area contributed by atoms with E-state index in [-0.39, 0.29) is 18.3 Å². The first-order chi connectivity index (χ1) is 15.0. The molecule has 4 rings (SSSR count). The molecule has 7 nitrogen and oxygen atoms in total. The summed E-state index contributed by atoms with van der Waals surface area (Å²) in [5, 5.41) is 8.34. The van der Waals surface area contributed by atoms with Crippen molar-refractivity contribution in [3.05, 3.63) is 93.1 Å². The molecule has 0 bridgehead atoms. The van der Waals surface area contributed by atoms with Crippen molar-refractivity contribution in [2.75, 3.05) is 5.32 Å². The molecule has 0 radical (unpaired) electrons. The van der Waals surface area contributed by atoms with Gasteiger partial charge in [0.1, 0.15) is 24.4 Å². The molecule has 158 valence electrons.